The number of hydrogen-bond donors (Lipinski definition) is 2. The van der Waals surface area contributed by atoms with Crippen molar-refractivity contribution >= 4 is 35.1 Å². The van der Waals surface area contributed by atoms with Crippen LogP contribution in [0.4, 0.5) is 5.69 Å². The summed E-state index contributed by atoms with van der Waals surface area (Å²) in [6.45, 7) is 1.93. The summed E-state index contributed by atoms with van der Waals surface area (Å²) in [6, 6.07) is 18.6. The Morgan fingerprint density at radius 1 is 1.17 bits per heavy atom. The van der Waals surface area contributed by atoms with Gasteiger partial charge in [0.1, 0.15) is 5.75 Å². The molecule has 30 heavy (non-hydrogen) atoms. The molecular formula is C22H23N3O3S2. The van der Waals surface area contributed by atoms with E-state index in [0.717, 1.165) is 10.6 Å². The van der Waals surface area contributed by atoms with Crippen LogP contribution >= 0.6 is 23.5 Å². The largest absolute Gasteiger partial charge is 0.497 e. The van der Waals surface area contributed by atoms with Gasteiger partial charge in [-0.05, 0) is 42.8 Å². The minimum atomic E-state index is -0.382. The molecule has 1 aromatic heterocycles. The maximum Gasteiger partial charge on any atom is 0.251 e. The van der Waals surface area contributed by atoms with Crippen LogP contribution in [0.15, 0.2) is 75.5 Å². The maximum absolute atomic E-state index is 12.7. The monoisotopic (exact) mass is 441 g/mol. The molecule has 2 aromatic carbocycles. The van der Waals surface area contributed by atoms with Crippen LogP contribution in [0.1, 0.15) is 19.0 Å². The third kappa shape index (κ3) is 6.40. The number of thioether (sulfide) groups is 2. The number of hydrogen-bond acceptors (Lipinski definition) is 6. The van der Waals surface area contributed by atoms with E-state index in [0.29, 0.717) is 28.7 Å². The van der Waals surface area contributed by atoms with Crippen molar-refractivity contribution in [2.45, 2.75) is 34.4 Å². The van der Waals surface area contributed by atoms with Crippen molar-refractivity contribution in [2.24, 2.45) is 0 Å². The molecule has 0 radical (unpaired) electrons. The molecule has 0 aliphatic heterocycles. The molecule has 0 bridgehead atoms. The van der Waals surface area contributed by atoms with E-state index < -0.39 is 0 Å². The Morgan fingerprint density at radius 3 is 2.57 bits per heavy atom. The molecule has 0 saturated heterocycles. The van der Waals surface area contributed by atoms with E-state index in [2.05, 4.69) is 15.3 Å². The predicted octanol–water partition coefficient (Wildman–Crippen LogP) is 4.58. The topological polar surface area (TPSA) is 84.1 Å². The third-order valence-electron chi connectivity index (χ3n) is 4.18. The Kier molecular flexibility index (Phi) is 7.98. The Bertz CT molecular complexity index is 1020. The van der Waals surface area contributed by atoms with Crippen molar-refractivity contribution in [1.29, 1.82) is 0 Å². The predicted molar refractivity (Wildman–Crippen MR) is 122 cm³/mol. The number of aromatic amines is 1. The highest BCUT2D eigenvalue weighted by Gasteiger charge is 2.20. The zero-order valence-corrected chi connectivity index (χ0v) is 18.4. The van der Waals surface area contributed by atoms with Gasteiger partial charge in [0.05, 0.1) is 18.1 Å². The molecule has 0 aliphatic carbocycles. The number of anilines is 1. The van der Waals surface area contributed by atoms with Gasteiger partial charge in [-0.15, -0.1) is 11.8 Å². The van der Waals surface area contributed by atoms with Crippen LogP contribution in [-0.2, 0) is 10.5 Å². The van der Waals surface area contributed by atoms with Gasteiger partial charge in [-0.25, -0.2) is 4.98 Å². The SMILES string of the molecule is CCC(Sc1nc(CSc2ccccc2)cc(=O)[nH]1)C(=O)Nc1ccc(OC)cc1. The molecule has 156 valence electrons. The summed E-state index contributed by atoms with van der Waals surface area (Å²) in [4.78, 5) is 33.2. The number of amides is 1. The quantitative estimate of drug-likeness (QED) is 0.374. The van der Waals surface area contributed by atoms with E-state index in [1.54, 1.807) is 43.1 Å². The minimum Gasteiger partial charge on any atom is -0.497 e. The number of H-pyrrole nitrogens is 1. The lowest BCUT2D eigenvalue weighted by atomic mass is 10.2. The Hall–Kier alpha value is -2.71. The number of nitrogens with one attached hydrogen (secondary N) is 2. The number of aromatic nitrogens is 2. The number of ether oxygens (including phenoxy) is 1. The smallest absolute Gasteiger partial charge is 0.251 e. The second-order valence-corrected chi connectivity index (χ2v) is 8.62. The van der Waals surface area contributed by atoms with E-state index in [1.165, 1.54) is 17.8 Å². The summed E-state index contributed by atoms with van der Waals surface area (Å²) >= 11 is 2.87. The fraction of sp³-hybridized carbons (Fsp3) is 0.227. The lowest BCUT2D eigenvalue weighted by molar-refractivity contribution is -0.115. The summed E-state index contributed by atoms with van der Waals surface area (Å²) in [5, 5.41) is 2.97. The molecule has 6 nitrogen and oxygen atoms in total. The molecule has 0 fully saturated rings. The number of carbonyl (C=O) groups is 1. The van der Waals surface area contributed by atoms with Crippen LogP contribution in [0.3, 0.4) is 0 Å². The van der Waals surface area contributed by atoms with Crippen LogP contribution in [-0.4, -0.2) is 28.2 Å². The molecule has 0 aliphatic rings. The van der Waals surface area contributed by atoms with Crippen LogP contribution in [0.25, 0.3) is 0 Å². The van der Waals surface area contributed by atoms with Crippen molar-refractivity contribution < 1.29 is 9.53 Å². The van der Waals surface area contributed by atoms with Gasteiger partial charge < -0.3 is 15.0 Å². The standard InChI is InChI=1S/C22H23N3O3S2/c1-3-19(21(27)23-15-9-11-17(28-2)12-10-15)30-22-24-16(13-20(26)25-22)14-29-18-7-5-4-6-8-18/h4-13,19H,3,14H2,1-2H3,(H,23,27)(H,24,25,26). The third-order valence-corrected chi connectivity index (χ3v) is 6.47. The first-order valence-electron chi connectivity index (χ1n) is 9.47. The van der Waals surface area contributed by atoms with Gasteiger partial charge in [-0.1, -0.05) is 36.9 Å². The zero-order chi connectivity index (χ0) is 21.3. The highest BCUT2D eigenvalue weighted by Crippen LogP contribution is 2.25. The summed E-state index contributed by atoms with van der Waals surface area (Å²) in [5.74, 6) is 1.16. The molecule has 1 unspecified atom stereocenters. The number of carbonyl (C=O) groups excluding carboxylic acids is 1. The van der Waals surface area contributed by atoms with Crippen LogP contribution < -0.4 is 15.6 Å². The zero-order valence-electron chi connectivity index (χ0n) is 16.8. The fourth-order valence-corrected chi connectivity index (χ4v) is 4.38. The van der Waals surface area contributed by atoms with E-state index in [9.17, 15) is 9.59 Å². The first kappa shape index (κ1) is 22.0. The second kappa shape index (κ2) is 10.9. The van der Waals surface area contributed by atoms with Gasteiger partial charge in [0, 0.05) is 22.4 Å². The Balaban J connectivity index is 1.65. The van der Waals surface area contributed by atoms with Gasteiger partial charge in [-0.3, -0.25) is 9.59 Å². The number of rotatable bonds is 9. The van der Waals surface area contributed by atoms with Gasteiger partial charge >= 0.3 is 0 Å². The first-order chi connectivity index (χ1) is 14.6. The summed E-state index contributed by atoms with van der Waals surface area (Å²) in [6.07, 6.45) is 0.597. The molecule has 1 heterocycles. The van der Waals surface area contributed by atoms with E-state index in [4.69, 9.17) is 4.74 Å². The van der Waals surface area contributed by atoms with Crippen molar-refractivity contribution in [1.82, 2.24) is 9.97 Å². The molecule has 1 atom stereocenters. The summed E-state index contributed by atoms with van der Waals surface area (Å²) in [5.41, 5.74) is 1.15. The molecule has 3 rings (SSSR count). The van der Waals surface area contributed by atoms with Gasteiger partial charge in [0.25, 0.3) is 5.56 Å². The van der Waals surface area contributed by atoms with Gasteiger partial charge in [0.15, 0.2) is 5.16 Å². The summed E-state index contributed by atoms with van der Waals surface area (Å²) < 4.78 is 5.13. The first-order valence-corrected chi connectivity index (χ1v) is 11.3. The molecule has 8 heteroatoms. The van der Waals surface area contributed by atoms with Crippen molar-refractivity contribution in [3.05, 3.63) is 76.7 Å². The summed E-state index contributed by atoms with van der Waals surface area (Å²) in [7, 11) is 1.59. The molecule has 1 amide bonds. The van der Waals surface area contributed by atoms with Crippen molar-refractivity contribution in [3.8, 4) is 5.75 Å². The molecule has 2 N–H and O–H groups in total. The Morgan fingerprint density at radius 2 is 1.90 bits per heavy atom. The second-order valence-electron chi connectivity index (χ2n) is 6.38. The average molecular weight is 442 g/mol. The Labute approximate surface area is 183 Å². The van der Waals surface area contributed by atoms with E-state index >= 15 is 0 Å². The maximum atomic E-state index is 12.7. The van der Waals surface area contributed by atoms with E-state index in [1.807, 2.05) is 37.3 Å². The normalized spacial score (nSPS) is 11.7. The van der Waals surface area contributed by atoms with Crippen LogP contribution in [0.5, 0.6) is 5.75 Å². The number of nitrogens with zero attached hydrogens (tertiary/aromatic N) is 1. The van der Waals surface area contributed by atoms with E-state index in [-0.39, 0.29) is 16.7 Å². The molecule has 0 saturated carbocycles. The van der Waals surface area contributed by atoms with Gasteiger partial charge in [-0.2, -0.15) is 0 Å². The lowest BCUT2D eigenvalue weighted by Gasteiger charge is -2.14. The van der Waals surface area contributed by atoms with Crippen LogP contribution in [0.2, 0.25) is 0 Å². The van der Waals surface area contributed by atoms with Crippen molar-refractivity contribution in [2.75, 3.05) is 12.4 Å². The number of methoxy groups -OCH3 is 1. The average Bonchev–Trinajstić information content (AvgIpc) is 2.77. The fourth-order valence-electron chi connectivity index (χ4n) is 2.64. The molecule has 0 spiro atoms. The highest BCUT2D eigenvalue weighted by molar-refractivity contribution is 8.00. The minimum absolute atomic E-state index is 0.139. The van der Waals surface area contributed by atoms with Crippen LogP contribution in [0, 0.1) is 0 Å². The number of benzene rings is 2. The molecule has 3 aromatic rings. The molecular weight excluding hydrogens is 418 g/mol. The van der Waals surface area contributed by atoms with Crippen molar-refractivity contribution in [3.63, 3.8) is 0 Å². The van der Waals surface area contributed by atoms with Gasteiger partial charge in [0.2, 0.25) is 5.91 Å². The highest BCUT2D eigenvalue weighted by atomic mass is 32.2. The lowest BCUT2D eigenvalue weighted by Crippen LogP contribution is -2.25.